The van der Waals surface area contributed by atoms with Gasteiger partial charge in [-0.15, -0.1) is 0 Å². The molecule has 0 aromatic carbocycles. The van der Waals surface area contributed by atoms with Crippen molar-refractivity contribution in [1.82, 2.24) is 0 Å². The van der Waals surface area contributed by atoms with E-state index in [1.165, 1.54) is 25.1 Å². The molecule has 15 heavy (non-hydrogen) atoms. The zero-order valence-electron chi connectivity index (χ0n) is 7.66. The molecule has 0 saturated heterocycles. The number of hydrogen-bond donors (Lipinski definition) is 2. The number of halogens is 1. The van der Waals surface area contributed by atoms with Gasteiger partial charge in [-0.3, -0.25) is 14.9 Å². The summed E-state index contributed by atoms with van der Waals surface area (Å²) in [6, 6.07) is 0. The van der Waals surface area contributed by atoms with Crippen molar-refractivity contribution in [2.75, 3.05) is 5.75 Å². The second-order valence-corrected chi connectivity index (χ2v) is 4.67. The monoisotopic (exact) mass is 300 g/mol. The van der Waals surface area contributed by atoms with Gasteiger partial charge in [0, 0.05) is 0 Å². The van der Waals surface area contributed by atoms with Crippen LogP contribution in [0, 0.1) is 10.1 Å². The maximum atomic E-state index is 10.1. The Balaban J connectivity index is 0.000000280. The van der Waals surface area contributed by atoms with Crippen molar-refractivity contribution < 1.29 is 19.9 Å². The van der Waals surface area contributed by atoms with Crippen molar-refractivity contribution in [2.24, 2.45) is 4.40 Å². The first-order chi connectivity index (χ1) is 6.78. The molecule has 0 fully saturated rings. The number of rotatable bonds is 2. The Kier molecular flexibility index (Phi) is 5.95. The second kappa shape index (κ2) is 6.16. The molecular weight excluding hydrogens is 292 g/mol. The number of carbonyl (C=O) groups excluding carboxylic acids is 1. The van der Waals surface area contributed by atoms with Crippen LogP contribution in [-0.2, 0) is 4.79 Å². The number of Topliss-reactive ketones (excluding diaryl/α,β-unsaturated/α-hetero) is 1. The van der Waals surface area contributed by atoms with Gasteiger partial charge in [-0.05, 0) is 18.9 Å². The molecule has 1 aliphatic heterocycles. The van der Waals surface area contributed by atoms with Crippen molar-refractivity contribution in [2.45, 2.75) is 17.7 Å². The summed E-state index contributed by atoms with van der Waals surface area (Å²) in [7, 11) is 0. The molecule has 7 nitrogen and oxygen atoms in total. The average molecular weight is 301 g/mol. The number of hydrogen-bond acceptors (Lipinski definition) is 7. The predicted octanol–water partition coefficient (Wildman–Crippen LogP) is -0.0270. The Bertz CT molecular complexity index is 281. The minimum Gasteiger partial charge on any atom is -0.306 e. The number of nitro groups is 1. The van der Waals surface area contributed by atoms with Crippen LogP contribution in [0.5, 0.6) is 0 Å². The van der Waals surface area contributed by atoms with Crippen molar-refractivity contribution in [3.63, 3.8) is 0 Å². The standard InChI is InChI=1S/C3H6BrNO4.C3H3NOS/c1-2(4)3(6,7)5(8)9;5-3-1-4-6-2-3/h2,6-7H,1H3;1H,2H2. The van der Waals surface area contributed by atoms with E-state index in [-0.39, 0.29) is 5.78 Å². The van der Waals surface area contributed by atoms with Crippen LogP contribution in [0.15, 0.2) is 4.40 Å². The van der Waals surface area contributed by atoms with E-state index in [1.54, 1.807) is 0 Å². The van der Waals surface area contributed by atoms with E-state index in [9.17, 15) is 14.9 Å². The first-order valence-electron chi connectivity index (χ1n) is 3.70. The van der Waals surface area contributed by atoms with Crippen LogP contribution in [0.2, 0.25) is 0 Å². The number of aliphatic hydroxyl groups is 2. The predicted molar refractivity (Wildman–Crippen MR) is 58.5 cm³/mol. The Morgan fingerprint density at radius 3 is 2.40 bits per heavy atom. The van der Waals surface area contributed by atoms with Crippen LogP contribution < -0.4 is 0 Å². The van der Waals surface area contributed by atoms with Gasteiger partial charge in [0.1, 0.15) is 4.83 Å². The van der Waals surface area contributed by atoms with E-state index in [0.717, 1.165) is 0 Å². The van der Waals surface area contributed by atoms with E-state index in [0.29, 0.717) is 5.75 Å². The van der Waals surface area contributed by atoms with Gasteiger partial charge < -0.3 is 10.2 Å². The van der Waals surface area contributed by atoms with Crippen LogP contribution in [0.25, 0.3) is 0 Å². The topological polar surface area (TPSA) is 113 Å². The van der Waals surface area contributed by atoms with Crippen molar-refractivity contribution in [1.29, 1.82) is 0 Å². The van der Waals surface area contributed by atoms with E-state index >= 15 is 0 Å². The summed E-state index contributed by atoms with van der Waals surface area (Å²) in [6.45, 7) is 1.27. The number of carbonyl (C=O) groups is 1. The molecule has 0 aliphatic carbocycles. The minimum atomic E-state index is -2.86. The minimum absolute atomic E-state index is 0.125. The molecule has 86 valence electrons. The third-order valence-electron chi connectivity index (χ3n) is 1.28. The SMILES string of the molecule is CC(Br)C(O)(O)[N+](=O)[O-].O=C1C=NSC1. The molecule has 0 bridgehead atoms. The molecule has 1 aliphatic rings. The average Bonchev–Trinajstić information content (AvgIpc) is 2.56. The van der Waals surface area contributed by atoms with Crippen LogP contribution in [0.3, 0.4) is 0 Å². The zero-order chi connectivity index (χ0) is 12.1. The molecule has 0 spiro atoms. The lowest BCUT2D eigenvalue weighted by Crippen LogP contribution is -2.44. The molecule has 1 atom stereocenters. The molecule has 0 amide bonds. The van der Waals surface area contributed by atoms with Gasteiger partial charge in [-0.25, -0.2) is 4.40 Å². The molecule has 2 N–H and O–H groups in total. The molecule has 1 heterocycles. The molecule has 0 saturated carbocycles. The van der Waals surface area contributed by atoms with E-state index in [2.05, 4.69) is 20.3 Å². The summed E-state index contributed by atoms with van der Waals surface area (Å²) in [5.74, 6) is -2.19. The van der Waals surface area contributed by atoms with Gasteiger partial charge in [0.05, 0.1) is 16.9 Å². The highest BCUT2D eigenvalue weighted by Crippen LogP contribution is 2.14. The first kappa shape index (κ1) is 14.5. The van der Waals surface area contributed by atoms with Gasteiger partial charge in [0.25, 0.3) is 0 Å². The summed E-state index contributed by atoms with van der Waals surface area (Å²) >= 11 is 3.96. The first-order valence-corrected chi connectivity index (χ1v) is 5.55. The summed E-state index contributed by atoms with van der Waals surface area (Å²) < 4.78 is 3.61. The quantitative estimate of drug-likeness (QED) is 0.243. The third kappa shape index (κ3) is 5.21. The van der Waals surface area contributed by atoms with Crippen LogP contribution in [-0.4, -0.2) is 43.6 Å². The summed E-state index contributed by atoms with van der Waals surface area (Å²) in [6.07, 6.45) is 1.35. The van der Waals surface area contributed by atoms with Gasteiger partial charge >= 0.3 is 5.91 Å². The highest BCUT2D eigenvalue weighted by Gasteiger charge is 2.43. The fraction of sp³-hybridized carbons (Fsp3) is 0.667. The Hall–Kier alpha value is -0.510. The third-order valence-corrected chi connectivity index (χ3v) is 2.56. The molecule has 1 rings (SSSR count). The Morgan fingerprint density at radius 2 is 2.33 bits per heavy atom. The molecule has 1 unspecified atom stereocenters. The maximum Gasteiger partial charge on any atom is 0.449 e. The zero-order valence-corrected chi connectivity index (χ0v) is 10.1. The molecule has 0 aromatic rings. The smallest absolute Gasteiger partial charge is 0.306 e. The highest BCUT2D eigenvalue weighted by molar-refractivity contribution is 9.09. The lowest BCUT2D eigenvalue weighted by molar-refractivity contribution is -0.680. The van der Waals surface area contributed by atoms with E-state index in [1.807, 2.05) is 0 Å². The Morgan fingerprint density at radius 1 is 1.80 bits per heavy atom. The fourth-order valence-electron chi connectivity index (χ4n) is 0.379. The molecule has 0 aromatic heterocycles. The largest absolute Gasteiger partial charge is 0.449 e. The highest BCUT2D eigenvalue weighted by atomic mass is 79.9. The fourth-order valence-corrected chi connectivity index (χ4v) is 1.02. The van der Waals surface area contributed by atoms with Gasteiger partial charge in [0.2, 0.25) is 0 Å². The van der Waals surface area contributed by atoms with Gasteiger partial charge in [-0.2, -0.15) is 0 Å². The maximum absolute atomic E-state index is 10.1. The summed E-state index contributed by atoms with van der Waals surface area (Å²) in [5.41, 5.74) is 0. The normalized spacial score (nSPS) is 16.9. The Labute approximate surface area is 98.0 Å². The number of alkyl halides is 1. The number of ketones is 1. The molecular formula is C6H9BrN2O5S. The van der Waals surface area contributed by atoms with Crippen LogP contribution >= 0.6 is 27.9 Å². The van der Waals surface area contributed by atoms with Crippen molar-refractivity contribution in [3.05, 3.63) is 10.1 Å². The summed E-state index contributed by atoms with van der Waals surface area (Å²) in [4.78, 5) is 17.7. The molecule has 9 heteroatoms. The lowest BCUT2D eigenvalue weighted by atomic mass is 10.4. The second-order valence-electron chi connectivity index (χ2n) is 2.53. The van der Waals surface area contributed by atoms with Crippen LogP contribution in [0.4, 0.5) is 0 Å². The van der Waals surface area contributed by atoms with Crippen molar-refractivity contribution in [3.8, 4) is 0 Å². The van der Waals surface area contributed by atoms with Gasteiger partial charge in [0.15, 0.2) is 5.78 Å². The van der Waals surface area contributed by atoms with Crippen LogP contribution in [0.1, 0.15) is 6.92 Å². The lowest BCUT2D eigenvalue weighted by Gasteiger charge is -2.13. The van der Waals surface area contributed by atoms with E-state index < -0.39 is 15.7 Å². The summed E-state index contributed by atoms with van der Waals surface area (Å²) in [5, 5.41) is 26.7. The molecule has 0 radical (unpaired) electrons. The van der Waals surface area contributed by atoms with E-state index in [4.69, 9.17) is 10.2 Å². The van der Waals surface area contributed by atoms with Crippen molar-refractivity contribution >= 4 is 39.9 Å². The number of nitrogens with zero attached hydrogens (tertiary/aromatic N) is 2. The van der Waals surface area contributed by atoms with Gasteiger partial charge in [-0.1, -0.05) is 15.9 Å².